The molecule has 17 heavy (non-hydrogen) atoms. The van der Waals surface area contributed by atoms with Crippen molar-refractivity contribution in [3.8, 4) is 0 Å². The second-order valence-corrected chi connectivity index (χ2v) is 7.06. The first-order valence-corrected chi connectivity index (χ1v) is 8.30. The molecule has 0 spiro atoms. The summed E-state index contributed by atoms with van der Waals surface area (Å²) >= 11 is 13.8. The van der Waals surface area contributed by atoms with Crippen molar-refractivity contribution in [1.29, 1.82) is 0 Å². The summed E-state index contributed by atoms with van der Waals surface area (Å²) in [6.45, 7) is 0. The Hall–Kier alpha value is 0.470. The van der Waals surface area contributed by atoms with Crippen LogP contribution in [0.4, 0.5) is 0 Å². The van der Waals surface area contributed by atoms with Gasteiger partial charge in [-0.1, -0.05) is 57.5 Å². The summed E-state index contributed by atoms with van der Waals surface area (Å²) in [5.41, 5.74) is 1.23. The molecule has 0 bridgehead atoms. The van der Waals surface area contributed by atoms with E-state index in [4.69, 9.17) is 11.6 Å². The fraction of sp³-hybridized carbons (Fsp3) is 0.571. The third-order valence-corrected chi connectivity index (χ3v) is 5.38. The van der Waals surface area contributed by atoms with Crippen molar-refractivity contribution in [2.75, 3.05) is 0 Å². The predicted molar refractivity (Wildman–Crippen MR) is 81.6 cm³/mol. The molecule has 94 valence electrons. The maximum Gasteiger partial charge on any atom is 0.0624 e. The molecular weight excluding hydrogens is 363 g/mol. The molecular formula is C14H17Br2Cl. The number of alkyl halides is 1. The van der Waals surface area contributed by atoms with Gasteiger partial charge in [0.05, 0.1) is 5.38 Å². The van der Waals surface area contributed by atoms with Crippen LogP contribution in [0.15, 0.2) is 27.1 Å². The van der Waals surface area contributed by atoms with Crippen LogP contribution in [-0.2, 0) is 0 Å². The average molecular weight is 381 g/mol. The Bertz CT molecular complexity index is 370. The molecule has 3 heteroatoms. The van der Waals surface area contributed by atoms with Crippen LogP contribution in [-0.4, -0.2) is 0 Å². The van der Waals surface area contributed by atoms with E-state index in [0.717, 1.165) is 8.95 Å². The summed E-state index contributed by atoms with van der Waals surface area (Å²) in [6.07, 6.45) is 7.96. The van der Waals surface area contributed by atoms with Gasteiger partial charge < -0.3 is 0 Å². The van der Waals surface area contributed by atoms with E-state index in [-0.39, 0.29) is 5.38 Å². The first-order chi connectivity index (χ1) is 8.18. The monoisotopic (exact) mass is 378 g/mol. The first kappa shape index (κ1) is 13.9. The molecule has 0 heterocycles. The summed E-state index contributed by atoms with van der Waals surface area (Å²) in [5, 5.41) is 0.139. The number of halogens is 3. The molecule has 1 unspecified atom stereocenters. The van der Waals surface area contributed by atoms with Crippen LogP contribution in [0.5, 0.6) is 0 Å². The highest BCUT2D eigenvalue weighted by molar-refractivity contribution is 9.11. The fourth-order valence-electron chi connectivity index (χ4n) is 2.58. The third-order valence-electron chi connectivity index (χ3n) is 3.57. The molecule has 0 saturated heterocycles. The van der Waals surface area contributed by atoms with Crippen molar-refractivity contribution in [2.24, 2.45) is 5.92 Å². The largest absolute Gasteiger partial charge is 0.117 e. The van der Waals surface area contributed by atoms with Crippen LogP contribution in [0.25, 0.3) is 0 Å². The van der Waals surface area contributed by atoms with Crippen molar-refractivity contribution < 1.29 is 0 Å². The third kappa shape index (κ3) is 3.71. The topological polar surface area (TPSA) is 0 Å². The lowest BCUT2D eigenvalue weighted by Crippen LogP contribution is -2.07. The highest BCUT2D eigenvalue weighted by atomic mass is 79.9. The van der Waals surface area contributed by atoms with Crippen LogP contribution in [0.1, 0.15) is 49.5 Å². The van der Waals surface area contributed by atoms with E-state index in [1.807, 2.05) is 6.07 Å². The van der Waals surface area contributed by atoms with Crippen LogP contribution in [0.2, 0.25) is 0 Å². The Morgan fingerprint density at radius 2 is 1.71 bits per heavy atom. The van der Waals surface area contributed by atoms with Gasteiger partial charge in [-0.05, 0) is 42.5 Å². The lowest BCUT2D eigenvalue weighted by molar-refractivity contribution is 0.444. The summed E-state index contributed by atoms with van der Waals surface area (Å²) in [4.78, 5) is 0. The normalized spacial score (nSPS) is 19.9. The Balaban J connectivity index is 2.16. The SMILES string of the molecule is ClC(c1cc(Br)ccc1Br)C1CCCCCC1. The zero-order valence-electron chi connectivity index (χ0n) is 9.76. The Morgan fingerprint density at radius 3 is 2.35 bits per heavy atom. The summed E-state index contributed by atoms with van der Waals surface area (Å²) < 4.78 is 2.24. The highest BCUT2D eigenvalue weighted by Gasteiger charge is 2.23. The Labute approximate surface area is 125 Å². The van der Waals surface area contributed by atoms with E-state index >= 15 is 0 Å². The van der Waals surface area contributed by atoms with Gasteiger partial charge >= 0.3 is 0 Å². The second-order valence-electron chi connectivity index (χ2n) is 4.82. The van der Waals surface area contributed by atoms with Crippen LogP contribution in [0.3, 0.4) is 0 Å². The van der Waals surface area contributed by atoms with Crippen molar-refractivity contribution in [3.05, 3.63) is 32.7 Å². The molecule has 0 aliphatic heterocycles. The number of rotatable bonds is 2. The molecule has 0 aromatic heterocycles. The van der Waals surface area contributed by atoms with Crippen LogP contribution >= 0.6 is 43.5 Å². The standard InChI is InChI=1S/C14H17Br2Cl/c15-11-7-8-13(16)12(9-11)14(17)10-5-3-1-2-4-6-10/h7-10,14H,1-6H2. The van der Waals surface area contributed by atoms with Gasteiger partial charge in [-0.15, -0.1) is 11.6 Å². The average Bonchev–Trinajstić information content (AvgIpc) is 2.60. The Kier molecular flexibility index (Phi) is 5.38. The lowest BCUT2D eigenvalue weighted by atomic mass is 9.92. The lowest BCUT2D eigenvalue weighted by Gasteiger charge is -2.22. The molecule has 1 fully saturated rings. The smallest absolute Gasteiger partial charge is 0.0624 e. The fourth-order valence-corrected chi connectivity index (χ4v) is 4.02. The zero-order valence-corrected chi connectivity index (χ0v) is 13.7. The maximum atomic E-state index is 6.68. The van der Waals surface area contributed by atoms with E-state index in [1.54, 1.807) is 0 Å². The van der Waals surface area contributed by atoms with Crippen molar-refractivity contribution in [2.45, 2.75) is 43.9 Å². The van der Waals surface area contributed by atoms with Crippen molar-refractivity contribution in [3.63, 3.8) is 0 Å². The van der Waals surface area contributed by atoms with Crippen LogP contribution in [0, 0.1) is 5.92 Å². The molecule has 2 rings (SSSR count). The number of hydrogen-bond donors (Lipinski definition) is 0. The van der Waals surface area contributed by atoms with E-state index < -0.39 is 0 Å². The summed E-state index contributed by atoms with van der Waals surface area (Å²) in [5.74, 6) is 0.629. The van der Waals surface area contributed by atoms with Gasteiger partial charge in [0, 0.05) is 8.95 Å². The highest BCUT2D eigenvalue weighted by Crippen LogP contribution is 2.41. The molecule has 1 aliphatic rings. The van der Waals surface area contributed by atoms with Crippen molar-refractivity contribution >= 4 is 43.5 Å². The second kappa shape index (κ2) is 6.58. The van der Waals surface area contributed by atoms with Crippen LogP contribution < -0.4 is 0 Å². The van der Waals surface area contributed by atoms with Crippen molar-refractivity contribution in [1.82, 2.24) is 0 Å². The van der Waals surface area contributed by atoms with Gasteiger partial charge in [0.1, 0.15) is 0 Å². The molecule has 1 aromatic carbocycles. The van der Waals surface area contributed by atoms with Gasteiger partial charge in [0.2, 0.25) is 0 Å². The van der Waals surface area contributed by atoms with Gasteiger partial charge in [0.15, 0.2) is 0 Å². The number of hydrogen-bond acceptors (Lipinski definition) is 0. The molecule has 1 aromatic rings. The zero-order chi connectivity index (χ0) is 12.3. The van der Waals surface area contributed by atoms with Gasteiger partial charge in [-0.25, -0.2) is 0 Å². The predicted octanol–water partition coefficient (Wildman–Crippen LogP) is 6.46. The molecule has 0 N–H and O–H groups in total. The van der Waals surface area contributed by atoms with Gasteiger partial charge in [-0.2, -0.15) is 0 Å². The summed E-state index contributed by atoms with van der Waals surface area (Å²) in [6, 6.07) is 6.27. The Morgan fingerprint density at radius 1 is 1.06 bits per heavy atom. The first-order valence-electron chi connectivity index (χ1n) is 6.27. The maximum absolute atomic E-state index is 6.68. The molecule has 0 radical (unpaired) electrons. The van der Waals surface area contributed by atoms with E-state index in [2.05, 4.69) is 44.0 Å². The van der Waals surface area contributed by atoms with E-state index in [0.29, 0.717) is 5.92 Å². The minimum atomic E-state index is 0.139. The molecule has 0 nitrogen and oxygen atoms in total. The molecule has 1 atom stereocenters. The minimum absolute atomic E-state index is 0.139. The van der Waals surface area contributed by atoms with Gasteiger partial charge in [-0.3, -0.25) is 0 Å². The van der Waals surface area contributed by atoms with E-state index in [1.165, 1.54) is 44.1 Å². The number of benzene rings is 1. The molecule has 1 saturated carbocycles. The summed E-state index contributed by atoms with van der Waals surface area (Å²) in [7, 11) is 0. The van der Waals surface area contributed by atoms with E-state index in [9.17, 15) is 0 Å². The molecule has 1 aliphatic carbocycles. The minimum Gasteiger partial charge on any atom is -0.117 e. The molecule has 0 amide bonds. The van der Waals surface area contributed by atoms with Gasteiger partial charge in [0.25, 0.3) is 0 Å². The quantitative estimate of drug-likeness (QED) is 0.408.